The van der Waals surface area contributed by atoms with Gasteiger partial charge in [-0.1, -0.05) is 23.7 Å². The van der Waals surface area contributed by atoms with Gasteiger partial charge < -0.3 is 4.57 Å². The number of carbonyl (C=O) groups excluding carboxylic acids is 1. The molecule has 2 nitrogen and oxygen atoms in total. The summed E-state index contributed by atoms with van der Waals surface area (Å²) in [6.45, 7) is 0. The average Bonchev–Trinajstić information content (AvgIpc) is 2.75. The Morgan fingerprint density at radius 3 is 2.48 bits per heavy atom. The van der Waals surface area contributed by atoms with Crippen LogP contribution in [0.15, 0.2) is 42.6 Å². The van der Waals surface area contributed by atoms with Crippen LogP contribution in [0.25, 0.3) is 10.9 Å². The molecule has 1 heterocycles. The van der Waals surface area contributed by atoms with Crippen molar-refractivity contribution in [2.75, 3.05) is 0 Å². The van der Waals surface area contributed by atoms with E-state index in [2.05, 4.69) is 0 Å². The standard InChI is InChI=1S/C16H10ClF2NO/c1-20-8-11(10-6-5-9(17)7-14(10)20)16(21)15-12(18)3-2-4-13(15)19/h2-8H,1H3. The summed E-state index contributed by atoms with van der Waals surface area (Å²) in [6.07, 6.45) is 1.55. The van der Waals surface area contributed by atoms with Gasteiger partial charge in [-0.05, 0) is 24.3 Å². The number of fused-ring (bicyclic) bond motifs is 1. The number of aromatic nitrogens is 1. The van der Waals surface area contributed by atoms with E-state index in [0.29, 0.717) is 10.4 Å². The molecule has 0 aliphatic heterocycles. The van der Waals surface area contributed by atoms with Gasteiger partial charge in [0.15, 0.2) is 0 Å². The van der Waals surface area contributed by atoms with Gasteiger partial charge in [-0.3, -0.25) is 4.79 Å². The summed E-state index contributed by atoms with van der Waals surface area (Å²) in [5.74, 6) is -2.42. The van der Waals surface area contributed by atoms with E-state index in [0.717, 1.165) is 17.6 Å². The zero-order chi connectivity index (χ0) is 15.1. The first-order valence-corrected chi connectivity index (χ1v) is 6.60. The highest BCUT2D eigenvalue weighted by Crippen LogP contribution is 2.27. The quantitative estimate of drug-likeness (QED) is 0.646. The molecule has 0 radical (unpaired) electrons. The summed E-state index contributed by atoms with van der Waals surface area (Å²) >= 11 is 5.93. The maximum atomic E-state index is 13.8. The first kappa shape index (κ1) is 13.8. The van der Waals surface area contributed by atoms with Gasteiger partial charge in [0.2, 0.25) is 5.78 Å². The van der Waals surface area contributed by atoms with Crippen molar-refractivity contribution in [2.45, 2.75) is 0 Å². The van der Waals surface area contributed by atoms with Crippen molar-refractivity contribution in [2.24, 2.45) is 7.05 Å². The molecule has 0 saturated heterocycles. The molecule has 5 heteroatoms. The Bertz CT molecular complexity index is 850. The van der Waals surface area contributed by atoms with Crippen molar-refractivity contribution in [1.29, 1.82) is 0 Å². The zero-order valence-electron chi connectivity index (χ0n) is 11.0. The van der Waals surface area contributed by atoms with E-state index in [1.165, 1.54) is 6.07 Å². The first-order valence-electron chi connectivity index (χ1n) is 6.22. The number of hydrogen-bond acceptors (Lipinski definition) is 1. The van der Waals surface area contributed by atoms with E-state index in [4.69, 9.17) is 11.6 Å². The summed E-state index contributed by atoms with van der Waals surface area (Å²) in [5, 5.41) is 1.13. The van der Waals surface area contributed by atoms with E-state index in [9.17, 15) is 13.6 Å². The van der Waals surface area contributed by atoms with Gasteiger partial charge in [0.05, 0.1) is 5.56 Å². The fourth-order valence-corrected chi connectivity index (χ4v) is 2.55. The van der Waals surface area contributed by atoms with E-state index < -0.39 is 23.0 Å². The lowest BCUT2D eigenvalue weighted by molar-refractivity contribution is 0.103. The van der Waals surface area contributed by atoms with E-state index >= 15 is 0 Å². The highest BCUT2D eigenvalue weighted by Gasteiger charge is 2.22. The molecule has 21 heavy (non-hydrogen) atoms. The number of rotatable bonds is 2. The molecule has 0 amide bonds. The third-order valence-corrected chi connectivity index (χ3v) is 3.62. The normalized spacial score (nSPS) is 11.0. The van der Waals surface area contributed by atoms with Gasteiger partial charge in [-0.2, -0.15) is 0 Å². The topological polar surface area (TPSA) is 22.0 Å². The van der Waals surface area contributed by atoms with E-state index in [1.54, 1.807) is 36.0 Å². The minimum absolute atomic E-state index is 0.244. The number of nitrogens with zero attached hydrogens (tertiary/aromatic N) is 1. The van der Waals surface area contributed by atoms with Crippen molar-refractivity contribution >= 4 is 28.3 Å². The molecule has 0 bridgehead atoms. The third-order valence-electron chi connectivity index (χ3n) is 3.39. The van der Waals surface area contributed by atoms with Crippen LogP contribution in [0.2, 0.25) is 5.02 Å². The monoisotopic (exact) mass is 305 g/mol. The number of aryl methyl sites for hydroxylation is 1. The van der Waals surface area contributed by atoms with Gasteiger partial charge >= 0.3 is 0 Å². The van der Waals surface area contributed by atoms with Crippen LogP contribution in [-0.2, 0) is 7.05 Å². The molecule has 2 aromatic carbocycles. The predicted octanol–water partition coefficient (Wildman–Crippen LogP) is 4.34. The van der Waals surface area contributed by atoms with Crippen LogP contribution in [0, 0.1) is 11.6 Å². The second-order valence-corrected chi connectivity index (χ2v) is 5.18. The Labute approximate surface area is 124 Å². The smallest absolute Gasteiger partial charge is 0.201 e. The first-order chi connectivity index (χ1) is 9.99. The molecule has 0 spiro atoms. The maximum Gasteiger partial charge on any atom is 0.201 e. The summed E-state index contributed by atoms with van der Waals surface area (Å²) in [4.78, 5) is 12.5. The van der Waals surface area contributed by atoms with Gasteiger partial charge in [0, 0.05) is 34.7 Å². The van der Waals surface area contributed by atoms with E-state index in [1.807, 2.05) is 0 Å². The Morgan fingerprint density at radius 2 is 1.81 bits per heavy atom. The number of ketones is 1. The zero-order valence-corrected chi connectivity index (χ0v) is 11.8. The third kappa shape index (κ3) is 2.21. The van der Waals surface area contributed by atoms with Crippen molar-refractivity contribution < 1.29 is 13.6 Å². The van der Waals surface area contributed by atoms with Crippen LogP contribution in [0.1, 0.15) is 15.9 Å². The predicted molar refractivity (Wildman–Crippen MR) is 77.7 cm³/mol. The van der Waals surface area contributed by atoms with Gasteiger partial charge in [0.25, 0.3) is 0 Å². The highest BCUT2D eigenvalue weighted by molar-refractivity contribution is 6.31. The summed E-state index contributed by atoms with van der Waals surface area (Å²) in [7, 11) is 1.74. The van der Waals surface area contributed by atoms with Gasteiger partial charge in [-0.25, -0.2) is 8.78 Å². The molecule has 0 aliphatic carbocycles. The Kier molecular flexibility index (Phi) is 3.26. The summed E-state index contributed by atoms with van der Waals surface area (Å²) in [6, 6.07) is 8.37. The fraction of sp³-hybridized carbons (Fsp3) is 0.0625. The van der Waals surface area contributed by atoms with Crippen LogP contribution in [0.5, 0.6) is 0 Å². The van der Waals surface area contributed by atoms with E-state index in [-0.39, 0.29) is 5.56 Å². The number of benzene rings is 2. The summed E-state index contributed by atoms with van der Waals surface area (Å²) in [5.41, 5.74) is 0.427. The molecular weight excluding hydrogens is 296 g/mol. The molecule has 106 valence electrons. The Balaban J connectivity index is 2.24. The lowest BCUT2D eigenvalue weighted by Gasteiger charge is -2.03. The van der Waals surface area contributed by atoms with Crippen LogP contribution in [0.4, 0.5) is 8.78 Å². The lowest BCUT2D eigenvalue weighted by Crippen LogP contribution is -2.07. The lowest BCUT2D eigenvalue weighted by atomic mass is 10.0. The van der Waals surface area contributed by atoms with Crippen molar-refractivity contribution in [3.05, 3.63) is 70.4 Å². The molecule has 1 aromatic heterocycles. The van der Waals surface area contributed by atoms with Crippen LogP contribution in [0.3, 0.4) is 0 Å². The largest absolute Gasteiger partial charge is 0.350 e. The molecular formula is C16H10ClF2NO. The molecule has 0 fully saturated rings. The van der Waals surface area contributed by atoms with Crippen LogP contribution in [-0.4, -0.2) is 10.4 Å². The molecule has 3 aromatic rings. The maximum absolute atomic E-state index is 13.8. The van der Waals surface area contributed by atoms with Crippen LogP contribution >= 0.6 is 11.6 Å². The van der Waals surface area contributed by atoms with Gasteiger partial charge in [0.1, 0.15) is 11.6 Å². The number of carbonyl (C=O) groups is 1. The fourth-order valence-electron chi connectivity index (χ4n) is 2.39. The number of hydrogen-bond donors (Lipinski definition) is 0. The molecule has 0 atom stereocenters. The molecule has 3 rings (SSSR count). The van der Waals surface area contributed by atoms with Crippen molar-refractivity contribution in [1.82, 2.24) is 4.57 Å². The molecule has 0 saturated carbocycles. The Morgan fingerprint density at radius 1 is 1.14 bits per heavy atom. The molecule has 0 aliphatic rings. The Hall–Kier alpha value is -2.20. The minimum Gasteiger partial charge on any atom is -0.350 e. The number of halogens is 3. The summed E-state index contributed by atoms with van der Waals surface area (Å²) < 4.78 is 29.2. The average molecular weight is 306 g/mol. The second kappa shape index (κ2) is 4.97. The van der Waals surface area contributed by atoms with Crippen molar-refractivity contribution in [3.63, 3.8) is 0 Å². The molecule has 0 N–H and O–H groups in total. The SMILES string of the molecule is Cn1cc(C(=O)c2c(F)cccc2F)c2ccc(Cl)cc21. The van der Waals surface area contributed by atoms with Gasteiger partial charge in [-0.15, -0.1) is 0 Å². The van der Waals surface area contributed by atoms with Crippen molar-refractivity contribution in [3.8, 4) is 0 Å². The highest BCUT2D eigenvalue weighted by atomic mass is 35.5. The minimum atomic E-state index is -0.869. The second-order valence-electron chi connectivity index (χ2n) is 4.74. The molecule has 0 unspecified atom stereocenters. The van der Waals surface area contributed by atoms with Crippen LogP contribution < -0.4 is 0 Å².